The predicted octanol–water partition coefficient (Wildman–Crippen LogP) is 4.19. The maximum Gasteiger partial charge on any atom is 0.274 e. The van der Waals surface area contributed by atoms with Gasteiger partial charge in [-0.25, -0.2) is 13.8 Å². The summed E-state index contributed by atoms with van der Waals surface area (Å²) in [4.78, 5) is 21.3. The van der Waals surface area contributed by atoms with Crippen molar-refractivity contribution in [2.75, 3.05) is 5.32 Å². The molecule has 9 heteroatoms. The Morgan fingerprint density at radius 1 is 1.20 bits per heavy atom. The average molecular weight is 499 g/mol. The minimum Gasteiger partial charge on any atom is -0.390 e. The van der Waals surface area contributed by atoms with E-state index in [9.17, 15) is 23.8 Å². The lowest BCUT2D eigenvalue weighted by Crippen LogP contribution is -2.51. The van der Waals surface area contributed by atoms with Crippen LogP contribution in [-0.4, -0.2) is 37.8 Å². The molecule has 1 fully saturated rings. The Morgan fingerprint density at radius 2 is 1.97 bits per heavy atom. The monoisotopic (exact) mass is 499 g/mol. The topological polar surface area (TPSA) is 95.3 Å². The molecule has 2 aromatic heterocycles. The maximum atomic E-state index is 14.6. The number of carbonyl (C=O) groups excluding carboxylic acids is 1. The normalized spacial score (nSPS) is 24.3. The van der Waals surface area contributed by atoms with Gasteiger partial charge < -0.3 is 15.5 Å². The highest BCUT2D eigenvalue weighted by atomic mass is 31.0. The molecule has 4 rings (SSSR count). The number of nitrogens with zero attached hydrogens (tertiary/aromatic N) is 2. The Morgan fingerprint density at radius 3 is 2.66 bits per heavy atom. The molecule has 0 spiro atoms. The van der Waals surface area contributed by atoms with Crippen LogP contribution in [0.2, 0.25) is 0 Å². The Balaban J connectivity index is 1.62. The van der Waals surface area contributed by atoms with Gasteiger partial charge in [-0.15, -0.1) is 9.24 Å². The van der Waals surface area contributed by atoms with Gasteiger partial charge in [0, 0.05) is 11.8 Å². The molecule has 1 aromatic carbocycles. The third kappa shape index (κ3) is 4.83. The van der Waals surface area contributed by atoms with Crippen molar-refractivity contribution >= 4 is 26.1 Å². The predicted molar refractivity (Wildman–Crippen MR) is 134 cm³/mol. The summed E-state index contributed by atoms with van der Waals surface area (Å²) in [6.45, 7) is 3.76. The number of rotatable bonds is 5. The first-order valence-electron chi connectivity index (χ1n) is 11.5. The number of aliphatic hydroxyl groups is 2. The molecule has 0 radical (unpaired) electrons. The molecule has 0 aliphatic heterocycles. The number of aliphatic hydroxyl groups excluding tert-OH is 1. The number of hydrogen-bond acceptors (Lipinski definition) is 5. The number of carbonyl (C=O) groups is 1. The molecule has 6 nitrogen and oxygen atoms in total. The zero-order valence-corrected chi connectivity index (χ0v) is 20.7. The molecule has 5 atom stereocenters. The molecule has 0 bridgehead atoms. The van der Waals surface area contributed by atoms with Crippen LogP contribution in [0.4, 0.5) is 14.5 Å². The van der Waals surface area contributed by atoms with Gasteiger partial charge in [-0.05, 0) is 66.2 Å². The summed E-state index contributed by atoms with van der Waals surface area (Å²) in [7, 11) is 2.34. The molecule has 2 heterocycles. The van der Waals surface area contributed by atoms with Gasteiger partial charge in [0.15, 0.2) is 0 Å². The zero-order valence-electron chi connectivity index (χ0n) is 19.5. The van der Waals surface area contributed by atoms with Crippen molar-refractivity contribution in [1.29, 1.82) is 0 Å². The lowest BCUT2D eigenvalue weighted by molar-refractivity contribution is -0.138. The van der Waals surface area contributed by atoms with Gasteiger partial charge in [-0.2, -0.15) is 0 Å². The first-order valence-corrected chi connectivity index (χ1v) is 12.1. The molecular weight excluding hydrogens is 471 g/mol. The van der Waals surface area contributed by atoms with Crippen molar-refractivity contribution in [3.05, 3.63) is 71.7 Å². The summed E-state index contributed by atoms with van der Waals surface area (Å²) in [5.74, 6) is -2.25. The van der Waals surface area contributed by atoms with E-state index in [1.807, 2.05) is 13.8 Å². The Hall–Kier alpha value is -2.80. The van der Waals surface area contributed by atoms with Crippen molar-refractivity contribution in [2.45, 2.75) is 50.7 Å². The van der Waals surface area contributed by atoms with Crippen LogP contribution >= 0.6 is 9.24 Å². The molecule has 0 saturated heterocycles. The van der Waals surface area contributed by atoms with Crippen molar-refractivity contribution in [3.8, 4) is 11.3 Å². The van der Waals surface area contributed by atoms with Crippen molar-refractivity contribution in [2.24, 2.45) is 5.92 Å². The standard InChI is InChI=1S/C26H28F2N3O3P/c1-3-26(34)14(2)11-15(12-22(26)32)16-9-10-29-13-20(16)31-25(33)19-8-7-18(28)24(30-19)23-17(27)5-4-6-21(23)35/h4-10,13-15,22,32,34H,3,11-12,35H2,1-2H3,(H,31,33). The van der Waals surface area contributed by atoms with Gasteiger partial charge in [0.1, 0.15) is 23.0 Å². The molecular formula is C26H28F2N3O3P. The van der Waals surface area contributed by atoms with Gasteiger partial charge in [0.2, 0.25) is 0 Å². The van der Waals surface area contributed by atoms with E-state index in [1.165, 1.54) is 24.4 Å². The fourth-order valence-electron chi connectivity index (χ4n) is 4.95. The minimum absolute atomic E-state index is 0.0275. The van der Waals surface area contributed by atoms with Crippen LogP contribution in [-0.2, 0) is 0 Å². The van der Waals surface area contributed by atoms with Gasteiger partial charge in [-0.1, -0.05) is 26.0 Å². The molecule has 1 aliphatic rings. The fourth-order valence-corrected chi connectivity index (χ4v) is 5.34. The van der Waals surface area contributed by atoms with E-state index in [2.05, 4.69) is 24.5 Å². The molecule has 1 saturated carbocycles. The second-order valence-corrected chi connectivity index (χ2v) is 9.70. The van der Waals surface area contributed by atoms with Crippen LogP contribution < -0.4 is 10.6 Å². The molecule has 3 aromatic rings. The van der Waals surface area contributed by atoms with E-state index in [0.29, 0.717) is 30.3 Å². The van der Waals surface area contributed by atoms with Crippen molar-refractivity contribution in [3.63, 3.8) is 0 Å². The average Bonchev–Trinajstić information content (AvgIpc) is 2.83. The largest absolute Gasteiger partial charge is 0.390 e. The van der Waals surface area contributed by atoms with E-state index in [4.69, 9.17) is 0 Å². The Labute approximate surface area is 205 Å². The van der Waals surface area contributed by atoms with Gasteiger partial charge in [-0.3, -0.25) is 9.78 Å². The van der Waals surface area contributed by atoms with Gasteiger partial charge in [0.25, 0.3) is 5.91 Å². The molecule has 3 N–H and O–H groups in total. The molecule has 35 heavy (non-hydrogen) atoms. The molecule has 1 amide bonds. The number of amides is 1. The Kier molecular flexibility index (Phi) is 7.27. The first kappa shape index (κ1) is 25.3. The second-order valence-electron chi connectivity index (χ2n) is 9.08. The third-order valence-electron chi connectivity index (χ3n) is 7.05. The number of pyridine rings is 2. The maximum absolute atomic E-state index is 14.6. The lowest BCUT2D eigenvalue weighted by Gasteiger charge is -2.45. The number of aromatic nitrogens is 2. The Bertz CT molecular complexity index is 1220. The van der Waals surface area contributed by atoms with Crippen molar-refractivity contribution < 1.29 is 23.8 Å². The fraction of sp³-hybridized carbons (Fsp3) is 0.346. The van der Waals surface area contributed by atoms with Crippen LogP contribution in [0.1, 0.15) is 55.1 Å². The lowest BCUT2D eigenvalue weighted by atomic mass is 9.67. The second kappa shape index (κ2) is 10.1. The van der Waals surface area contributed by atoms with Crippen LogP contribution in [0, 0.1) is 17.6 Å². The van der Waals surface area contributed by atoms with E-state index in [1.54, 1.807) is 18.3 Å². The third-order valence-corrected chi connectivity index (χ3v) is 7.53. The summed E-state index contributed by atoms with van der Waals surface area (Å²) >= 11 is 0. The van der Waals surface area contributed by atoms with Crippen LogP contribution in [0.25, 0.3) is 11.3 Å². The van der Waals surface area contributed by atoms with Crippen LogP contribution in [0.3, 0.4) is 0 Å². The summed E-state index contributed by atoms with van der Waals surface area (Å²) in [6, 6.07) is 8.42. The van der Waals surface area contributed by atoms with E-state index in [0.717, 1.165) is 11.6 Å². The number of benzene rings is 1. The highest BCUT2D eigenvalue weighted by molar-refractivity contribution is 7.28. The van der Waals surface area contributed by atoms with Gasteiger partial charge in [0.05, 0.1) is 23.6 Å². The SMILES string of the molecule is CCC1(O)C(C)CC(c2ccncc2NC(=O)c2ccc(F)c(-c3c(F)cccc3P)n2)CC1O. The quantitative estimate of drug-likeness (QED) is 0.458. The highest BCUT2D eigenvalue weighted by Gasteiger charge is 2.45. The molecule has 1 aliphatic carbocycles. The minimum atomic E-state index is -1.15. The van der Waals surface area contributed by atoms with Crippen LogP contribution in [0.5, 0.6) is 0 Å². The smallest absolute Gasteiger partial charge is 0.274 e. The van der Waals surface area contributed by atoms with E-state index < -0.39 is 29.2 Å². The number of anilines is 1. The number of halogens is 2. The van der Waals surface area contributed by atoms with Crippen molar-refractivity contribution in [1.82, 2.24) is 9.97 Å². The molecule has 184 valence electrons. The summed E-state index contributed by atoms with van der Waals surface area (Å²) in [6.07, 6.45) is 3.62. The van der Waals surface area contributed by atoms with Crippen LogP contribution in [0.15, 0.2) is 48.8 Å². The van der Waals surface area contributed by atoms with E-state index in [-0.39, 0.29) is 28.8 Å². The summed E-state index contributed by atoms with van der Waals surface area (Å²) in [5.41, 5.74) is -0.295. The van der Waals surface area contributed by atoms with Gasteiger partial charge >= 0.3 is 0 Å². The highest BCUT2D eigenvalue weighted by Crippen LogP contribution is 2.45. The molecule has 5 unspecified atom stereocenters. The summed E-state index contributed by atoms with van der Waals surface area (Å²) in [5, 5.41) is 24.7. The number of hydrogen-bond donors (Lipinski definition) is 3. The zero-order chi connectivity index (χ0) is 25.3. The first-order chi connectivity index (χ1) is 16.7. The van der Waals surface area contributed by atoms with E-state index >= 15 is 0 Å². The number of nitrogens with one attached hydrogen (secondary N) is 1. The summed E-state index contributed by atoms with van der Waals surface area (Å²) < 4.78 is 29.0.